The van der Waals surface area contributed by atoms with Crippen molar-refractivity contribution in [2.45, 2.75) is 123 Å². The number of unbranched alkanes of at least 4 members (excludes halogenated alkanes) is 1. The second-order valence-corrected chi connectivity index (χ2v) is 11.8. The lowest BCUT2D eigenvalue weighted by Gasteiger charge is -2.65. The van der Waals surface area contributed by atoms with Crippen molar-refractivity contribution < 1.29 is 28.5 Å². The third-order valence-corrected chi connectivity index (χ3v) is 9.27. The van der Waals surface area contributed by atoms with E-state index in [1.165, 1.54) is 6.92 Å². The van der Waals surface area contributed by atoms with Crippen LogP contribution in [0.3, 0.4) is 0 Å². The van der Waals surface area contributed by atoms with Crippen molar-refractivity contribution in [1.29, 1.82) is 0 Å². The first-order valence-electron chi connectivity index (χ1n) is 12.7. The summed E-state index contributed by atoms with van der Waals surface area (Å²) in [6, 6.07) is 0. The molecule has 2 aliphatic heterocycles. The number of ether oxygens (including phenoxy) is 4. The Labute approximate surface area is 193 Å². The number of carbonyl (C=O) groups excluding carboxylic acids is 2. The van der Waals surface area contributed by atoms with Crippen LogP contribution in [0.5, 0.6) is 0 Å². The minimum Gasteiger partial charge on any atom is -0.462 e. The number of cyclic esters (lactones) is 1. The van der Waals surface area contributed by atoms with E-state index < -0.39 is 11.9 Å². The smallest absolute Gasteiger partial charge is 0.311 e. The van der Waals surface area contributed by atoms with E-state index in [2.05, 4.69) is 34.6 Å². The van der Waals surface area contributed by atoms with Crippen molar-refractivity contribution in [1.82, 2.24) is 0 Å². The second-order valence-electron chi connectivity index (χ2n) is 11.8. The number of esters is 2. The standard InChI is InChI=1S/C26H42O6/c1-7-8-14-29-22-25(16-20(28)31-22)12-13-26(32-25)17(2)15-19(30-18(3)27)21-23(4,5)10-9-11-24(21,26)6/h17,19,21-22H,7-16H2,1-6H3/t17?,19-,21?,22-,24+,25+,26-/m1/s1. The Hall–Kier alpha value is -1.14. The van der Waals surface area contributed by atoms with Gasteiger partial charge in [-0.05, 0) is 49.9 Å². The SMILES string of the molecule is CCCCO[C@@H]1OC(=O)C[C@@]12CC[C@@]1(O2)C(C)C[C@@H](OC(C)=O)C2C(C)(C)CCC[C@@]21C. The summed E-state index contributed by atoms with van der Waals surface area (Å²) in [5, 5.41) is 0. The summed E-state index contributed by atoms with van der Waals surface area (Å²) in [4.78, 5) is 24.4. The molecule has 32 heavy (non-hydrogen) atoms. The highest BCUT2D eigenvalue weighted by atomic mass is 16.7. The van der Waals surface area contributed by atoms with Gasteiger partial charge in [0.05, 0.1) is 18.6 Å². The van der Waals surface area contributed by atoms with Crippen LogP contribution in [0.15, 0.2) is 0 Å². The predicted molar refractivity (Wildman–Crippen MR) is 120 cm³/mol. The summed E-state index contributed by atoms with van der Waals surface area (Å²) >= 11 is 0. The van der Waals surface area contributed by atoms with Gasteiger partial charge >= 0.3 is 11.9 Å². The molecular weight excluding hydrogens is 408 g/mol. The van der Waals surface area contributed by atoms with Crippen molar-refractivity contribution in [2.24, 2.45) is 22.7 Å². The predicted octanol–water partition coefficient (Wildman–Crippen LogP) is 5.17. The van der Waals surface area contributed by atoms with Crippen molar-refractivity contribution >= 4 is 11.9 Å². The maximum Gasteiger partial charge on any atom is 0.311 e. The monoisotopic (exact) mass is 450 g/mol. The van der Waals surface area contributed by atoms with E-state index in [1.807, 2.05) is 0 Å². The molecule has 2 heterocycles. The van der Waals surface area contributed by atoms with Gasteiger partial charge in [0.25, 0.3) is 0 Å². The first-order valence-corrected chi connectivity index (χ1v) is 12.7. The normalized spacial score (nSPS) is 45.1. The van der Waals surface area contributed by atoms with E-state index in [9.17, 15) is 9.59 Å². The van der Waals surface area contributed by atoms with Crippen LogP contribution in [0.1, 0.15) is 99.3 Å². The van der Waals surface area contributed by atoms with Crippen molar-refractivity contribution in [3.05, 3.63) is 0 Å². The second kappa shape index (κ2) is 8.26. The number of fused-ring (bicyclic) bond motifs is 2. The highest BCUT2D eigenvalue weighted by Gasteiger charge is 2.72. The largest absolute Gasteiger partial charge is 0.462 e. The maximum absolute atomic E-state index is 12.4. The van der Waals surface area contributed by atoms with Crippen LogP contribution < -0.4 is 0 Å². The van der Waals surface area contributed by atoms with Gasteiger partial charge < -0.3 is 18.9 Å². The Bertz CT molecular complexity index is 749. The fraction of sp³-hybridized carbons (Fsp3) is 0.923. The lowest BCUT2D eigenvalue weighted by Crippen LogP contribution is -2.67. The molecule has 0 N–H and O–H groups in total. The fourth-order valence-electron chi connectivity index (χ4n) is 8.06. The molecular formula is C26H42O6. The van der Waals surface area contributed by atoms with E-state index in [4.69, 9.17) is 18.9 Å². The molecule has 0 amide bonds. The number of hydrogen-bond donors (Lipinski definition) is 0. The summed E-state index contributed by atoms with van der Waals surface area (Å²) in [6.07, 6.45) is 7.21. The molecule has 0 bridgehead atoms. The number of carbonyl (C=O) groups is 2. The Morgan fingerprint density at radius 3 is 2.59 bits per heavy atom. The molecule has 4 rings (SSSR count). The van der Waals surface area contributed by atoms with Gasteiger partial charge in [0.1, 0.15) is 11.7 Å². The van der Waals surface area contributed by atoms with Crippen molar-refractivity contribution in [2.75, 3.05) is 6.61 Å². The van der Waals surface area contributed by atoms with Crippen LogP contribution in [0.4, 0.5) is 0 Å². The van der Waals surface area contributed by atoms with E-state index in [-0.39, 0.29) is 52.7 Å². The highest BCUT2D eigenvalue weighted by molar-refractivity contribution is 5.73. The fourth-order valence-corrected chi connectivity index (χ4v) is 8.06. The van der Waals surface area contributed by atoms with E-state index in [1.54, 1.807) is 0 Å². The molecule has 2 unspecified atom stereocenters. The molecule has 4 aliphatic rings. The molecule has 0 aromatic rings. The van der Waals surface area contributed by atoms with Crippen LogP contribution in [0.25, 0.3) is 0 Å². The van der Waals surface area contributed by atoms with Crippen LogP contribution >= 0.6 is 0 Å². The van der Waals surface area contributed by atoms with Gasteiger partial charge in [-0.2, -0.15) is 0 Å². The molecule has 0 radical (unpaired) electrons. The number of hydrogen-bond acceptors (Lipinski definition) is 6. The minimum atomic E-state index is -0.706. The minimum absolute atomic E-state index is 0.0401. The van der Waals surface area contributed by atoms with Gasteiger partial charge in [-0.15, -0.1) is 0 Å². The van der Waals surface area contributed by atoms with Crippen LogP contribution in [-0.4, -0.2) is 42.1 Å². The third kappa shape index (κ3) is 3.60. The molecule has 0 aromatic heterocycles. The molecule has 4 fully saturated rings. The van der Waals surface area contributed by atoms with Gasteiger partial charge in [-0.1, -0.05) is 47.5 Å². The van der Waals surface area contributed by atoms with Gasteiger partial charge in [-0.25, -0.2) is 0 Å². The van der Waals surface area contributed by atoms with Gasteiger partial charge in [0, 0.05) is 18.3 Å². The number of rotatable bonds is 5. The molecule has 0 aromatic carbocycles. The zero-order valence-corrected chi connectivity index (χ0v) is 20.8. The Morgan fingerprint density at radius 1 is 1.16 bits per heavy atom. The van der Waals surface area contributed by atoms with Gasteiger partial charge in [-0.3, -0.25) is 9.59 Å². The average molecular weight is 451 g/mol. The lowest BCUT2D eigenvalue weighted by atomic mass is 9.43. The topological polar surface area (TPSA) is 71.1 Å². The van der Waals surface area contributed by atoms with Crippen molar-refractivity contribution in [3.8, 4) is 0 Å². The van der Waals surface area contributed by atoms with Gasteiger partial charge in [0.2, 0.25) is 6.29 Å². The van der Waals surface area contributed by atoms with Gasteiger partial charge in [0.15, 0.2) is 0 Å². The van der Waals surface area contributed by atoms with Crippen LogP contribution in [0.2, 0.25) is 0 Å². The molecule has 2 aliphatic carbocycles. The first kappa shape index (κ1) is 24.0. The maximum atomic E-state index is 12.4. The van der Waals surface area contributed by atoms with Crippen LogP contribution in [-0.2, 0) is 28.5 Å². The zero-order chi connectivity index (χ0) is 23.4. The zero-order valence-electron chi connectivity index (χ0n) is 20.8. The molecule has 7 atom stereocenters. The molecule has 2 saturated carbocycles. The van der Waals surface area contributed by atoms with Crippen molar-refractivity contribution in [3.63, 3.8) is 0 Å². The Kier molecular flexibility index (Phi) is 6.20. The molecule has 2 saturated heterocycles. The average Bonchev–Trinajstić information content (AvgIpc) is 3.21. The summed E-state index contributed by atoms with van der Waals surface area (Å²) in [5.41, 5.74) is -1.21. The Morgan fingerprint density at radius 2 is 1.91 bits per heavy atom. The lowest BCUT2D eigenvalue weighted by molar-refractivity contribution is -0.295. The Balaban J connectivity index is 1.69. The summed E-state index contributed by atoms with van der Waals surface area (Å²) in [6.45, 7) is 13.4. The summed E-state index contributed by atoms with van der Waals surface area (Å²) < 4.78 is 24.8. The molecule has 6 heteroatoms. The summed E-state index contributed by atoms with van der Waals surface area (Å²) in [7, 11) is 0. The highest BCUT2D eigenvalue weighted by Crippen LogP contribution is 2.69. The molecule has 182 valence electrons. The molecule has 6 nitrogen and oxygen atoms in total. The first-order chi connectivity index (χ1) is 15.0. The van der Waals surface area contributed by atoms with E-state index in [0.29, 0.717) is 6.61 Å². The van der Waals surface area contributed by atoms with E-state index in [0.717, 1.165) is 51.4 Å². The molecule has 2 spiro atoms. The van der Waals surface area contributed by atoms with Crippen LogP contribution in [0, 0.1) is 22.7 Å². The third-order valence-electron chi connectivity index (χ3n) is 9.27. The quantitative estimate of drug-likeness (QED) is 0.425. The summed E-state index contributed by atoms with van der Waals surface area (Å²) in [5.74, 6) is -0.0230. The van der Waals surface area contributed by atoms with E-state index >= 15 is 0 Å².